The highest BCUT2D eigenvalue weighted by Gasteiger charge is 2.51. The molecule has 0 saturated heterocycles. The molecule has 0 aliphatic heterocycles. The first kappa shape index (κ1) is 20.5. The van der Waals surface area contributed by atoms with Crippen molar-refractivity contribution in [2.75, 3.05) is 18.4 Å². The second-order valence-electron chi connectivity index (χ2n) is 10.4. The van der Waals surface area contributed by atoms with Gasteiger partial charge in [0.25, 0.3) is 0 Å². The molecule has 2 aromatic heterocycles. The number of hydrogen-bond donors (Lipinski definition) is 2. The Morgan fingerprint density at radius 2 is 1.71 bits per heavy atom. The molecule has 0 aromatic carbocycles. The van der Waals surface area contributed by atoms with Crippen LogP contribution in [0, 0.1) is 43.9 Å². The molecule has 1 amide bonds. The summed E-state index contributed by atoms with van der Waals surface area (Å²) >= 11 is 0. The molecule has 2 heterocycles. The number of carbonyl (C=O) groups excluding carboxylic acids is 1. The summed E-state index contributed by atoms with van der Waals surface area (Å²) in [5.41, 5.74) is 2.30. The summed E-state index contributed by atoms with van der Waals surface area (Å²) in [5.74, 6) is 5.08. The fourth-order valence-electron chi connectivity index (χ4n) is 6.91. The molecule has 0 unspecified atom stereocenters. The summed E-state index contributed by atoms with van der Waals surface area (Å²) in [5, 5.41) is 11.0. The lowest BCUT2D eigenvalue weighted by atomic mass is 9.49. The van der Waals surface area contributed by atoms with Crippen LogP contribution < -0.4 is 10.6 Å². The van der Waals surface area contributed by atoms with E-state index in [2.05, 4.69) is 25.7 Å². The minimum Gasteiger partial charge on any atom is -0.368 e. The Bertz CT molecular complexity index is 945. The van der Waals surface area contributed by atoms with Crippen LogP contribution in [0.2, 0.25) is 0 Å². The number of amides is 1. The highest BCUT2D eigenvalue weighted by atomic mass is 16.1. The zero-order valence-corrected chi connectivity index (χ0v) is 18.9. The van der Waals surface area contributed by atoms with Crippen LogP contribution in [-0.4, -0.2) is 38.7 Å². The van der Waals surface area contributed by atoms with Crippen LogP contribution >= 0.6 is 0 Å². The van der Waals surface area contributed by atoms with Gasteiger partial charge >= 0.3 is 0 Å². The molecule has 0 atom stereocenters. The van der Waals surface area contributed by atoms with Gasteiger partial charge in [0, 0.05) is 31.3 Å². The Morgan fingerprint density at radius 3 is 2.32 bits per heavy atom. The maximum atomic E-state index is 12.7. The lowest BCUT2D eigenvalue weighted by Gasteiger charge is -2.56. The Morgan fingerprint density at radius 1 is 1.03 bits per heavy atom. The largest absolute Gasteiger partial charge is 0.368 e. The average molecular weight is 423 g/mol. The molecule has 2 N–H and O–H groups in total. The van der Waals surface area contributed by atoms with Crippen LogP contribution in [0.3, 0.4) is 0 Å². The van der Waals surface area contributed by atoms with Crippen molar-refractivity contribution in [1.82, 2.24) is 25.1 Å². The van der Waals surface area contributed by atoms with E-state index in [1.165, 1.54) is 38.5 Å². The average Bonchev–Trinajstić information content (AvgIpc) is 3.01. The quantitative estimate of drug-likeness (QED) is 0.664. The van der Waals surface area contributed by atoms with E-state index in [0.717, 1.165) is 40.8 Å². The Hall–Kier alpha value is -2.44. The summed E-state index contributed by atoms with van der Waals surface area (Å²) in [6.45, 7) is 7.11. The molecule has 6 rings (SSSR count). The summed E-state index contributed by atoms with van der Waals surface area (Å²) in [6.07, 6.45) is 8.80. The molecule has 0 radical (unpaired) electrons. The summed E-state index contributed by atoms with van der Waals surface area (Å²) in [4.78, 5) is 21.7. The lowest BCUT2D eigenvalue weighted by Crippen LogP contribution is -2.48. The van der Waals surface area contributed by atoms with Crippen LogP contribution in [0.5, 0.6) is 0 Å². The van der Waals surface area contributed by atoms with Gasteiger partial charge in [-0.2, -0.15) is 5.10 Å². The number of aryl methyl sites for hydroxylation is 3. The van der Waals surface area contributed by atoms with E-state index in [4.69, 9.17) is 0 Å². The van der Waals surface area contributed by atoms with Gasteiger partial charge in [-0.1, -0.05) is 0 Å². The smallest absolute Gasteiger partial charge is 0.220 e. The van der Waals surface area contributed by atoms with Gasteiger partial charge in [-0.15, -0.1) is 0 Å². The zero-order chi connectivity index (χ0) is 21.6. The first-order chi connectivity index (χ1) is 14.9. The molecule has 31 heavy (non-hydrogen) atoms. The fraction of sp³-hybridized carbons (Fsp3) is 0.667. The molecule has 4 aliphatic rings. The maximum Gasteiger partial charge on any atom is 0.220 e. The van der Waals surface area contributed by atoms with Gasteiger partial charge in [0.05, 0.1) is 5.69 Å². The molecule has 4 saturated carbocycles. The SMILES string of the molecule is Cc1cc(C)n(-c2cc(NCCNC(=O)CC34CC5CC(CC(C5)C3)C4)nc(C)n2)n1. The number of aromatic nitrogens is 4. The third-order valence-corrected chi connectivity index (χ3v) is 7.50. The van der Waals surface area contributed by atoms with Crippen LogP contribution in [0.1, 0.15) is 62.2 Å². The minimum absolute atomic E-state index is 0.214. The van der Waals surface area contributed by atoms with Crippen LogP contribution in [0.15, 0.2) is 12.1 Å². The normalized spacial score (nSPS) is 28.7. The molecule has 7 heteroatoms. The summed E-state index contributed by atoms with van der Waals surface area (Å²) in [7, 11) is 0. The second-order valence-corrected chi connectivity index (χ2v) is 10.4. The van der Waals surface area contributed by atoms with Gasteiger partial charge in [0.15, 0.2) is 5.82 Å². The Labute approximate surface area is 184 Å². The predicted molar refractivity (Wildman–Crippen MR) is 120 cm³/mol. The van der Waals surface area contributed by atoms with Crippen molar-refractivity contribution in [2.45, 2.75) is 65.7 Å². The third-order valence-electron chi connectivity index (χ3n) is 7.50. The van der Waals surface area contributed by atoms with Crippen molar-refractivity contribution < 1.29 is 4.79 Å². The van der Waals surface area contributed by atoms with E-state index < -0.39 is 0 Å². The zero-order valence-electron chi connectivity index (χ0n) is 18.9. The topological polar surface area (TPSA) is 84.7 Å². The first-order valence-corrected chi connectivity index (χ1v) is 11.8. The van der Waals surface area contributed by atoms with Crippen molar-refractivity contribution in [1.29, 1.82) is 0 Å². The Balaban J connectivity index is 1.13. The number of carbonyl (C=O) groups is 1. The number of hydrogen-bond acceptors (Lipinski definition) is 5. The maximum absolute atomic E-state index is 12.7. The molecule has 7 nitrogen and oxygen atoms in total. The van der Waals surface area contributed by atoms with E-state index in [1.807, 2.05) is 37.6 Å². The molecule has 4 fully saturated rings. The van der Waals surface area contributed by atoms with Gasteiger partial charge in [0.2, 0.25) is 5.91 Å². The highest BCUT2D eigenvalue weighted by molar-refractivity contribution is 5.76. The molecule has 4 bridgehead atoms. The first-order valence-electron chi connectivity index (χ1n) is 11.8. The van der Waals surface area contributed by atoms with Gasteiger partial charge < -0.3 is 10.6 Å². The molecule has 0 spiro atoms. The number of rotatable bonds is 7. The van der Waals surface area contributed by atoms with Gasteiger partial charge in [0.1, 0.15) is 11.6 Å². The predicted octanol–water partition coefficient (Wildman–Crippen LogP) is 3.72. The van der Waals surface area contributed by atoms with Crippen LogP contribution in [-0.2, 0) is 4.79 Å². The Kier molecular flexibility index (Phi) is 5.22. The van der Waals surface area contributed by atoms with Crippen molar-refractivity contribution in [3.05, 3.63) is 29.3 Å². The van der Waals surface area contributed by atoms with Gasteiger partial charge in [-0.3, -0.25) is 4.79 Å². The van der Waals surface area contributed by atoms with E-state index in [9.17, 15) is 4.79 Å². The molecule has 166 valence electrons. The summed E-state index contributed by atoms with van der Waals surface area (Å²) in [6, 6.07) is 3.94. The molecule has 4 aliphatic carbocycles. The highest BCUT2D eigenvalue weighted by Crippen LogP contribution is 2.61. The van der Waals surface area contributed by atoms with Gasteiger partial charge in [-0.25, -0.2) is 14.6 Å². The van der Waals surface area contributed by atoms with Crippen molar-refractivity contribution in [3.8, 4) is 5.82 Å². The molecular formula is C24H34N6O. The number of nitrogens with zero attached hydrogens (tertiary/aromatic N) is 4. The van der Waals surface area contributed by atoms with E-state index >= 15 is 0 Å². The molecule has 2 aromatic rings. The van der Waals surface area contributed by atoms with E-state index in [-0.39, 0.29) is 5.91 Å². The van der Waals surface area contributed by atoms with Crippen molar-refractivity contribution in [2.24, 2.45) is 23.2 Å². The monoisotopic (exact) mass is 422 g/mol. The second kappa shape index (κ2) is 7.92. The molecular weight excluding hydrogens is 388 g/mol. The minimum atomic E-state index is 0.214. The number of anilines is 1. The number of nitrogens with one attached hydrogen (secondary N) is 2. The third kappa shape index (κ3) is 4.32. The van der Waals surface area contributed by atoms with Crippen LogP contribution in [0.4, 0.5) is 5.82 Å². The van der Waals surface area contributed by atoms with Crippen molar-refractivity contribution >= 4 is 11.7 Å². The van der Waals surface area contributed by atoms with Gasteiger partial charge in [-0.05, 0) is 88.5 Å². The van der Waals surface area contributed by atoms with E-state index in [1.54, 1.807) is 0 Å². The van der Waals surface area contributed by atoms with Crippen molar-refractivity contribution in [3.63, 3.8) is 0 Å². The fourth-order valence-corrected chi connectivity index (χ4v) is 6.91. The van der Waals surface area contributed by atoms with E-state index in [0.29, 0.717) is 30.7 Å². The summed E-state index contributed by atoms with van der Waals surface area (Å²) < 4.78 is 1.84. The lowest BCUT2D eigenvalue weighted by molar-refractivity contribution is -0.129. The van der Waals surface area contributed by atoms with Crippen LogP contribution in [0.25, 0.3) is 5.82 Å². The standard InChI is InChI=1S/C24H34N6O/c1-15-6-16(2)30(29-15)22-10-21(27-17(3)28-22)25-4-5-26-23(31)14-24-11-18-7-19(12-24)9-20(8-18)13-24/h6,10,18-20H,4-5,7-9,11-14H2,1-3H3,(H,26,31)(H,25,27,28).